The summed E-state index contributed by atoms with van der Waals surface area (Å²) in [5.41, 5.74) is 6.47. The van der Waals surface area contributed by atoms with Crippen molar-refractivity contribution in [2.45, 2.75) is 19.5 Å². The van der Waals surface area contributed by atoms with Gasteiger partial charge in [0.15, 0.2) is 0 Å². The number of amides is 1. The number of thiazole rings is 1. The summed E-state index contributed by atoms with van der Waals surface area (Å²) < 4.78 is 1.32. The van der Waals surface area contributed by atoms with Gasteiger partial charge in [0.2, 0.25) is 5.91 Å². The summed E-state index contributed by atoms with van der Waals surface area (Å²) in [6.07, 6.45) is 3.05. The summed E-state index contributed by atoms with van der Waals surface area (Å²) in [5, 5.41) is 5.85. The van der Waals surface area contributed by atoms with Crippen molar-refractivity contribution in [2.24, 2.45) is 0 Å². The summed E-state index contributed by atoms with van der Waals surface area (Å²) in [6.45, 7) is 2.00. The van der Waals surface area contributed by atoms with Crippen LogP contribution in [-0.2, 0) is 11.3 Å². The second kappa shape index (κ2) is 6.17. The van der Waals surface area contributed by atoms with Gasteiger partial charge in [-0.3, -0.25) is 14.2 Å². The molecule has 8 heteroatoms. The van der Waals surface area contributed by atoms with E-state index >= 15 is 0 Å². The first-order valence-electron chi connectivity index (χ1n) is 6.98. The molecule has 118 valence electrons. The number of anilines is 1. The van der Waals surface area contributed by atoms with Gasteiger partial charge in [-0.25, -0.2) is 9.97 Å². The summed E-state index contributed by atoms with van der Waals surface area (Å²) in [4.78, 5) is 33.1. The lowest BCUT2D eigenvalue weighted by atomic mass is 10.2. The number of nitrogens with one attached hydrogen (secondary N) is 1. The van der Waals surface area contributed by atoms with E-state index < -0.39 is 6.04 Å². The number of rotatable bonds is 4. The lowest BCUT2D eigenvalue weighted by Crippen LogP contribution is -2.35. The highest BCUT2D eigenvalue weighted by atomic mass is 32.1. The van der Waals surface area contributed by atoms with Crippen LogP contribution in [0.25, 0.3) is 10.9 Å². The molecule has 1 atom stereocenters. The van der Waals surface area contributed by atoms with E-state index in [1.54, 1.807) is 31.3 Å². The Balaban J connectivity index is 1.84. The molecular formula is C15H15N5O2S. The monoisotopic (exact) mass is 329 g/mol. The van der Waals surface area contributed by atoms with Crippen LogP contribution in [0.1, 0.15) is 18.0 Å². The van der Waals surface area contributed by atoms with Crippen LogP contribution < -0.4 is 16.6 Å². The quantitative estimate of drug-likeness (QED) is 0.703. The first-order valence-corrected chi connectivity index (χ1v) is 7.86. The minimum absolute atomic E-state index is 0.265. The molecule has 1 unspecified atom stereocenters. The second-order valence-corrected chi connectivity index (χ2v) is 6.03. The SMILES string of the molecule is CC(C(=O)NCc1nccs1)n1cnc2cc(N)ccc2c1=O. The van der Waals surface area contributed by atoms with Gasteiger partial charge in [0, 0.05) is 17.3 Å². The van der Waals surface area contributed by atoms with E-state index in [1.807, 2.05) is 5.38 Å². The van der Waals surface area contributed by atoms with Gasteiger partial charge in [0.25, 0.3) is 5.56 Å². The smallest absolute Gasteiger partial charge is 0.261 e. The number of hydrogen-bond acceptors (Lipinski definition) is 6. The highest BCUT2D eigenvalue weighted by Crippen LogP contribution is 2.13. The first-order chi connectivity index (χ1) is 11.1. The second-order valence-electron chi connectivity index (χ2n) is 5.05. The molecule has 0 aliphatic carbocycles. The predicted molar refractivity (Wildman–Crippen MR) is 89.1 cm³/mol. The molecule has 0 radical (unpaired) electrons. The average molecular weight is 329 g/mol. The Hall–Kier alpha value is -2.74. The summed E-state index contributed by atoms with van der Waals surface area (Å²) in [7, 11) is 0. The number of carbonyl (C=O) groups is 1. The molecule has 3 aromatic rings. The third-order valence-corrected chi connectivity index (χ3v) is 4.28. The standard InChI is InChI=1S/C15H15N5O2S/c1-9(14(21)18-7-13-17-4-5-23-13)20-8-19-12-6-10(16)2-3-11(12)15(20)22/h2-6,8-9H,7,16H2,1H3,(H,18,21). The van der Waals surface area contributed by atoms with Gasteiger partial charge in [-0.15, -0.1) is 11.3 Å². The van der Waals surface area contributed by atoms with Crippen molar-refractivity contribution < 1.29 is 4.79 Å². The minimum atomic E-state index is -0.670. The number of benzene rings is 1. The summed E-state index contributed by atoms with van der Waals surface area (Å²) in [5.74, 6) is -0.265. The van der Waals surface area contributed by atoms with Crippen molar-refractivity contribution in [3.8, 4) is 0 Å². The zero-order valence-electron chi connectivity index (χ0n) is 12.4. The van der Waals surface area contributed by atoms with Crippen LogP contribution in [0.3, 0.4) is 0 Å². The van der Waals surface area contributed by atoms with Crippen LogP contribution >= 0.6 is 11.3 Å². The first kappa shape index (κ1) is 15.2. The van der Waals surface area contributed by atoms with Crippen LogP contribution in [0.4, 0.5) is 5.69 Å². The van der Waals surface area contributed by atoms with Crippen LogP contribution in [0.5, 0.6) is 0 Å². The Labute approximate surface area is 135 Å². The zero-order valence-corrected chi connectivity index (χ0v) is 13.2. The van der Waals surface area contributed by atoms with Crippen LogP contribution in [0, 0.1) is 0 Å². The largest absolute Gasteiger partial charge is 0.399 e. The topological polar surface area (TPSA) is 103 Å². The average Bonchev–Trinajstić information content (AvgIpc) is 3.05. The molecule has 0 saturated carbocycles. The fourth-order valence-corrected chi connectivity index (χ4v) is 2.76. The number of fused-ring (bicyclic) bond motifs is 1. The van der Waals surface area contributed by atoms with Crippen LogP contribution in [-0.4, -0.2) is 20.4 Å². The Morgan fingerprint density at radius 3 is 3.00 bits per heavy atom. The maximum Gasteiger partial charge on any atom is 0.261 e. The molecule has 0 saturated heterocycles. The number of nitrogens with two attached hydrogens (primary N) is 1. The van der Waals surface area contributed by atoms with E-state index in [0.717, 1.165) is 5.01 Å². The summed E-state index contributed by atoms with van der Waals surface area (Å²) >= 11 is 1.46. The Kier molecular flexibility index (Phi) is 4.07. The molecule has 2 heterocycles. The number of carbonyl (C=O) groups excluding carboxylic acids is 1. The number of hydrogen-bond donors (Lipinski definition) is 2. The number of nitrogens with zero attached hydrogens (tertiary/aromatic N) is 3. The third kappa shape index (κ3) is 3.07. The molecular weight excluding hydrogens is 314 g/mol. The molecule has 3 N–H and O–H groups in total. The molecule has 3 rings (SSSR count). The molecule has 0 fully saturated rings. The molecule has 7 nitrogen and oxygen atoms in total. The van der Waals surface area contributed by atoms with Crippen molar-refractivity contribution >= 4 is 33.8 Å². The third-order valence-electron chi connectivity index (χ3n) is 3.50. The van der Waals surface area contributed by atoms with Crippen molar-refractivity contribution in [1.29, 1.82) is 0 Å². The van der Waals surface area contributed by atoms with Gasteiger partial charge < -0.3 is 11.1 Å². The number of aromatic nitrogens is 3. The van der Waals surface area contributed by atoms with Gasteiger partial charge >= 0.3 is 0 Å². The number of nitrogen functional groups attached to an aromatic ring is 1. The lowest BCUT2D eigenvalue weighted by Gasteiger charge is -2.14. The Morgan fingerprint density at radius 1 is 1.43 bits per heavy atom. The van der Waals surface area contributed by atoms with Gasteiger partial charge in [0.05, 0.1) is 23.8 Å². The highest BCUT2D eigenvalue weighted by Gasteiger charge is 2.17. The fourth-order valence-electron chi connectivity index (χ4n) is 2.21. The Morgan fingerprint density at radius 2 is 2.26 bits per heavy atom. The molecule has 0 bridgehead atoms. The van der Waals surface area contributed by atoms with E-state index in [0.29, 0.717) is 23.1 Å². The van der Waals surface area contributed by atoms with Crippen molar-refractivity contribution in [3.63, 3.8) is 0 Å². The van der Waals surface area contributed by atoms with Crippen LogP contribution in [0.2, 0.25) is 0 Å². The van der Waals surface area contributed by atoms with Gasteiger partial charge in [-0.2, -0.15) is 0 Å². The van der Waals surface area contributed by atoms with Gasteiger partial charge in [-0.1, -0.05) is 0 Å². The molecule has 0 aliphatic heterocycles. The van der Waals surface area contributed by atoms with Crippen LogP contribution in [0.15, 0.2) is 40.9 Å². The van der Waals surface area contributed by atoms with Crippen molar-refractivity contribution in [3.05, 3.63) is 51.5 Å². The predicted octanol–water partition coefficient (Wildman–Crippen LogP) is 1.31. The molecule has 23 heavy (non-hydrogen) atoms. The maximum atomic E-state index is 12.5. The fraction of sp³-hybridized carbons (Fsp3) is 0.200. The zero-order chi connectivity index (χ0) is 16.4. The summed E-state index contributed by atoms with van der Waals surface area (Å²) in [6, 6.07) is 4.23. The Bertz CT molecular complexity index is 904. The van der Waals surface area contributed by atoms with Gasteiger partial charge in [-0.05, 0) is 25.1 Å². The normalized spacial score (nSPS) is 12.2. The highest BCUT2D eigenvalue weighted by molar-refractivity contribution is 7.09. The van der Waals surface area contributed by atoms with Crippen molar-refractivity contribution in [1.82, 2.24) is 19.9 Å². The minimum Gasteiger partial charge on any atom is -0.399 e. The van der Waals surface area contributed by atoms with E-state index in [-0.39, 0.29) is 11.5 Å². The lowest BCUT2D eigenvalue weighted by molar-refractivity contribution is -0.124. The van der Waals surface area contributed by atoms with Gasteiger partial charge in [0.1, 0.15) is 11.0 Å². The molecule has 0 aliphatic rings. The maximum absolute atomic E-state index is 12.5. The molecule has 1 amide bonds. The van der Waals surface area contributed by atoms with E-state index in [4.69, 9.17) is 5.73 Å². The van der Waals surface area contributed by atoms with Crippen molar-refractivity contribution in [2.75, 3.05) is 5.73 Å². The molecule has 1 aromatic carbocycles. The molecule has 2 aromatic heterocycles. The van der Waals surface area contributed by atoms with E-state index in [2.05, 4.69) is 15.3 Å². The molecule has 0 spiro atoms. The van der Waals surface area contributed by atoms with E-state index in [9.17, 15) is 9.59 Å². The van der Waals surface area contributed by atoms with E-state index in [1.165, 1.54) is 22.2 Å².